The van der Waals surface area contributed by atoms with E-state index in [1.165, 1.54) is 0 Å². The first-order valence-corrected chi connectivity index (χ1v) is 12.9. The average molecular weight is 480 g/mol. The lowest BCUT2D eigenvalue weighted by Crippen LogP contribution is -2.29. The van der Waals surface area contributed by atoms with Crippen molar-refractivity contribution in [2.75, 3.05) is 17.7 Å². The first kappa shape index (κ1) is 22.1. The quantitative estimate of drug-likeness (QED) is 0.487. The summed E-state index contributed by atoms with van der Waals surface area (Å²) in [5, 5.41) is 7.24. The summed E-state index contributed by atoms with van der Waals surface area (Å²) in [7, 11) is -3.52. The molecule has 2 aliphatic rings. The first-order valence-electron chi connectivity index (χ1n) is 11.2. The van der Waals surface area contributed by atoms with E-state index >= 15 is 0 Å². The highest BCUT2D eigenvalue weighted by molar-refractivity contribution is 7.89. The first-order chi connectivity index (χ1) is 16.5. The van der Waals surface area contributed by atoms with Crippen molar-refractivity contribution in [2.45, 2.75) is 25.7 Å². The zero-order valence-corrected chi connectivity index (χ0v) is 19.3. The summed E-state index contributed by atoms with van der Waals surface area (Å²) < 4.78 is 34.8. The lowest BCUT2D eigenvalue weighted by atomic mass is 10.00. The zero-order chi connectivity index (χ0) is 23.5. The lowest BCUT2D eigenvalue weighted by molar-refractivity contribution is -0.117. The van der Waals surface area contributed by atoms with E-state index in [2.05, 4.69) is 20.1 Å². The molecular formula is C24H25N5O4S. The van der Waals surface area contributed by atoms with E-state index in [1.807, 2.05) is 42.5 Å². The van der Waals surface area contributed by atoms with E-state index in [9.17, 15) is 13.2 Å². The number of para-hydroxylation sites is 1. The van der Waals surface area contributed by atoms with E-state index in [4.69, 9.17) is 4.74 Å². The van der Waals surface area contributed by atoms with Crippen molar-refractivity contribution in [3.63, 3.8) is 0 Å². The molecule has 2 aromatic heterocycles. The van der Waals surface area contributed by atoms with Crippen LogP contribution in [-0.4, -0.2) is 41.3 Å². The number of allylic oxidation sites excluding steroid dienone is 4. The van der Waals surface area contributed by atoms with Gasteiger partial charge in [-0.05, 0) is 61.6 Å². The fraction of sp³-hybridized carbons (Fsp3) is 0.292. The maximum atomic E-state index is 12.4. The van der Waals surface area contributed by atoms with Crippen LogP contribution in [0.1, 0.15) is 31.4 Å². The summed E-state index contributed by atoms with van der Waals surface area (Å²) in [5.74, 6) is 0.832. The van der Waals surface area contributed by atoms with E-state index in [0.717, 1.165) is 24.1 Å². The fourth-order valence-electron chi connectivity index (χ4n) is 3.73. The maximum Gasteiger partial charge on any atom is 0.249 e. The molecule has 3 aromatic rings. The molecule has 1 aromatic carbocycles. The van der Waals surface area contributed by atoms with Crippen molar-refractivity contribution in [1.29, 1.82) is 0 Å². The van der Waals surface area contributed by atoms with Gasteiger partial charge in [-0.15, -0.1) is 5.10 Å². The molecule has 34 heavy (non-hydrogen) atoms. The molecule has 0 bridgehead atoms. The second kappa shape index (κ2) is 9.30. The van der Waals surface area contributed by atoms with Gasteiger partial charge < -0.3 is 4.74 Å². The van der Waals surface area contributed by atoms with Crippen molar-refractivity contribution < 1.29 is 17.9 Å². The minimum atomic E-state index is -3.52. The Bertz CT molecular complexity index is 1370. The van der Waals surface area contributed by atoms with Gasteiger partial charge >= 0.3 is 0 Å². The molecule has 0 aliphatic heterocycles. The topological polar surface area (TPSA) is 115 Å². The van der Waals surface area contributed by atoms with Crippen molar-refractivity contribution in [2.24, 2.45) is 5.92 Å². The Morgan fingerprint density at radius 3 is 2.62 bits per heavy atom. The number of hydrogen-bond donors (Lipinski definition) is 2. The number of aromatic nitrogens is 3. The molecule has 10 heteroatoms. The van der Waals surface area contributed by atoms with Gasteiger partial charge in [0.1, 0.15) is 18.1 Å². The molecule has 0 unspecified atom stereocenters. The second-order valence-corrected chi connectivity index (χ2v) is 10.2. The number of ether oxygens (including phenoxy) is 1. The van der Waals surface area contributed by atoms with Crippen LogP contribution in [0.3, 0.4) is 0 Å². The number of carbonyl (C=O) groups is 1. The number of amides is 1. The van der Waals surface area contributed by atoms with Gasteiger partial charge in [0.2, 0.25) is 21.9 Å². The number of anilines is 1. The number of carbonyl (C=O) groups excluding carboxylic acids is 1. The van der Waals surface area contributed by atoms with Gasteiger partial charge in [0.25, 0.3) is 0 Å². The number of sulfonamides is 1. The molecule has 2 aliphatic carbocycles. The van der Waals surface area contributed by atoms with Gasteiger partial charge in [-0.2, -0.15) is 4.98 Å². The number of pyridine rings is 1. The lowest BCUT2D eigenvalue weighted by Gasteiger charge is -2.17. The van der Waals surface area contributed by atoms with Crippen LogP contribution in [0.2, 0.25) is 0 Å². The van der Waals surface area contributed by atoms with Crippen molar-refractivity contribution in [1.82, 2.24) is 19.3 Å². The Kier molecular flexibility index (Phi) is 6.06. The molecule has 1 fully saturated rings. The van der Waals surface area contributed by atoms with Gasteiger partial charge in [0.15, 0.2) is 5.65 Å². The monoisotopic (exact) mass is 479 g/mol. The third kappa shape index (κ3) is 5.28. The molecule has 2 heterocycles. The van der Waals surface area contributed by atoms with Crippen LogP contribution in [0.5, 0.6) is 5.75 Å². The minimum absolute atomic E-state index is 0.0386. The molecule has 2 N–H and O–H groups in total. The Morgan fingerprint density at radius 2 is 1.88 bits per heavy atom. The number of hydrogen-bond acceptors (Lipinski definition) is 6. The molecule has 1 saturated carbocycles. The van der Waals surface area contributed by atoms with E-state index in [0.29, 0.717) is 35.9 Å². The third-order valence-corrected chi connectivity index (χ3v) is 6.95. The van der Waals surface area contributed by atoms with Crippen LogP contribution >= 0.6 is 0 Å². The van der Waals surface area contributed by atoms with Crippen molar-refractivity contribution >= 4 is 33.1 Å². The van der Waals surface area contributed by atoms with Gasteiger partial charge in [-0.1, -0.05) is 30.3 Å². The summed E-state index contributed by atoms with van der Waals surface area (Å²) in [5.41, 5.74) is 3.13. The molecule has 176 valence electrons. The fourth-order valence-corrected chi connectivity index (χ4v) is 4.71. The van der Waals surface area contributed by atoms with E-state index < -0.39 is 10.0 Å². The predicted octanol–water partition coefficient (Wildman–Crippen LogP) is 3.14. The second-order valence-electron chi connectivity index (χ2n) is 8.35. The number of nitrogens with one attached hydrogen (secondary N) is 2. The molecule has 0 saturated heterocycles. The van der Waals surface area contributed by atoms with Crippen LogP contribution in [0, 0.1) is 5.92 Å². The molecule has 5 rings (SSSR count). The molecule has 0 spiro atoms. The van der Waals surface area contributed by atoms with Crippen LogP contribution in [0.15, 0.2) is 66.4 Å². The van der Waals surface area contributed by atoms with Crippen LogP contribution in [-0.2, 0) is 14.8 Å². The molecule has 0 atom stereocenters. The molecule has 9 nitrogen and oxygen atoms in total. The Morgan fingerprint density at radius 1 is 1.06 bits per heavy atom. The van der Waals surface area contributed by atoms with Gasteiger partial charge in [-0.25, -0.2) is 12.9 Å². The third-order valence-electron chi connectivity index (χ3n) is 5.67. The number of rotatable bonds is 9. The molecular weight excluding hydrogens is 454 g/mol. The molecule has 1 amide bonds. The maximum absolute atomic E-state index is 12.4. The zero-order valence-electron chi connectivity index (χ0n) is 18.5. The summed E-state index contributed by atoms with van der Waals surface area (Å²) >= 11 is 0. The van der Waals surface area contributed by atoms with Crippen LogP contribution in [0.25, 0.3) is 11.2 Å². The van der Waals surface area contributed by atoms with Crippen molar-refractivity contribution in [3.05, 3.63) is 72.1 Å². The Labute approximate surface area is 197 Å². The van der Waals surface area contributed by atoms with Gasteiger partial charge in [-0.3, -0.25) is 14.8 Å². The van der Waals surface area contributed by atoms with Crippen LogP contribution < -0.4 is 14.8 Å². The summed E-state index contributed by atoms with van der Waals surface area (Å²) in [4.78, 5) is 16.4. The van der Waals surface area contributed by atoms with Gasteiger partial charge in [0.05, 0.1) is 5.69 Å². The highest BCUT2D eigenvalue weighted by atomic mass is 32.2. The van der Waals surface area contributed by atoms with E-state index in [-0.39, 0.29) is 24.2 Å². The standard InChI is InChI=1S/C24H25N5O4S/c30-23(18-9-10-18)26-24-25-22-8-4-7-21(29(22)27-24)17-11-13-19(14-12-17)28-34(31,32)16-15-33-20-5-2-1-3-6-20/h1-8,11,13,18,28H,9-10,12,14-16H2,(H,26,27,30). The smallest absolute Gasteiger partial charge is 0.249 e. The Balaban J connectivity index is 1.24. The van der Waals surface area contributed by atoms with Gasteiger partial charge in [0, 0.05) is 11.6 Å². The number of nitrogens with zero attached hydrogens (tertiary/aromatic N) is 3. The molecule has 0 radical (unpaired) electrons. The van der Waals surface area contributed by atoms with Crippen LogP contribution in [0.4, 0.5) is 5.95 Å². The SMILES string of the molecule is O=C(Nc1nc2cccc(C3=CC=C(NS(=O)(=O)CCOc4ccccc4)CC3)n2n1)C1CC1. The highest BCUT2D eigenvalue weighted by Gasteiger charge is 2.30. The summed E-state index contributed by atoms with van der Waals surface area (Å²) in [6.07, 6.45) is 6.67. The largest absolute Gasteiger partial charge is 0.492 e. The number of fused-ring (bicyclic) bond motifs is 1. The minimum Gasteiger partial charge on any atom is -0.492 e. The van der Waals surface area contributed by atoms with Crippen molar-refractivity contribution in [3.8, 4) is 5.75 Å². The summed E-state index contributed by atoms with van der Waals surface area (Å²) in [6, 6.07) is 14.8. The summed E-state index contributed by atoms with van der Waals surface area (Å²) in [6.45, 7) is 0.0711. The highest BCUT2D eigenvalue weighted by Crippen LogP contribution is 2.30. The average Bonchev–Trinajstić information content (AvgIpc) is 3.60. The Hall–Kier alpha value is -3.66. The number of benzene rings is 1. The van der Waals surface area contributed by atoms with E-state index in [1.54, 1.807) is 22.7 Å². The normalized spacial score (nSPS) is 16.0. The predicted molar refractivity (Wildman–Crippen MR) is 128 cm³/mol.